The third-order valence-corrected chi connectivity index (χ3v) is 6.92. The summed E-state index contributed by atoms with van der Waals surface area (Å²) >= 11 is 0. The molecule has 0 aromatic heterocycles. The molecule has 3 aromatic carbocycles. The van der Waals surface area contributed by atoms with Gasteiger partial charge in [-0.15, -0.1) is 0 Å². The second-order valence-corrected chi connectivity index (χ2v) is 9.48. The van der Waals surface area contributed by atoms with Crippen molar-refractivity contribution < 1.29 is 13.2 Å². The van der Waals surface area contributed by atoms with E-state index in [1.165, 1.54) is 5.56 Å². The number of nitrogens with zero attached hydrogens (tertiary/aromatic N) is 1. The number of amides is 1. The molecule has 0 spiro atoms. The van der Waals surface area contributed by atoms with E-state index in [-0.39, 0.29) is 23.8 Å². The van der Waals surface area contributed by atoms with Crippen molar-refractivity contribution in [3.05, 3.63) is 77.9 Å². The van der Waals surface area contributed by atoms with Crippen molar-refractivity contribution in [2.45, 2.75) is 38.3 Å². The standard InChI is InChI=1S/C25H31N3O3S/c1-3-28(4-2)19-21-9-7-8-20(16-21)18-26-25(29)14-15-27-32(30,31)24-13-12-22-10-5-6-11-23(22)17-24/h5-13,16-17,27H,3-4,14-15,18-19H2,1-2H3,(H,26,29). The largest absolute Gasteiger partial charge is 0.352 e. The molecule has 0 atom stereocenters. The normalized spacial score (nSPS) is 11.7. The Bertz CT molecular complexity index is 1160. The van der Waals surface area contributed by atoms with E-state index in [0.29, 0.717) is 6.54 Å². The molecule has 0 unspecified atom stereocenters. The van der Waals surface area contributed by atoms with Crippen LogP contribution in [-0.2, 0) is 27.9 Å². The van der Waals surface area contributed by atoms with E-state index >= 15 is 0 Å². The Kier molecular flexibility index (Phi) is 8.39. The van der Waals surface area contributed by atoms with Gasteiger partial charge >= 0.3 is 0 Å². The van der Waals surface area contributed by atoms with Gasteiger partial charge in [-0.3, -0.25) is 9.69 Å². The first kappa shape index (κ1) is 23.9. The SMILES string of the molecule is CCN(CC)Cc1cccc(CNC(=O)CCNS(=O)(=O)c2ccc3ccccc3c2)c1. The van der Waals surface area contributed by atoms with Gasteiger partial charge in [-0.1, -0.05) is 68.4 Å². The van der Waals surface area contributed by atoms with Crippen LogP contribution in [0.1, 0.15) is 31.4 Å². The third kappa shape index (κ3) is 6.63. The molecule has 3 aromatic rings. The van der Waals surface area contributed by atoms with Gasteiger partial charge in [0.2, 0.25) is 15.9 Å². The van der Waals surface area contributed by atoms with Crippen LogP contribution >= 0.6 is 0 Å². The van der Waals surface area contributed by atoms with Crippen LogP contribution in [0.5, 0.6) is 0 Å². The fraction of sp³-hybridized carbons (Fsp3) is 0.320. The highest BCUT2D eigenvalue weighted by atomic mass is 32.2. The van der Waals surface area contributed by atoms with Crippen LogP contribution in [0.15, 0.2) is 71.6 Å². The fourth-order valence-electron chi connectivity index (χ4n) is 3.55. The lowest BCUT2D eigenvalue weighted by atomic mass is 10.1. The lowest BCUT2D eigenvalue weighted by Gasteiger charge is -2.18. The second-order valence-electron chi connectivity index (χ2n) is 7.71. The summed E-state index contributed by atoms with van der Waals surface area (Å²) in [5, 5.41) is 4.71. The van der Waals surface area contributed by atoms with Crippen molar-refractivity contribution in [1.82, 2.24) is 14.9 Å². The van der Waals surface area contributed by atoms with Crippen LogP contribution < -0.4 is 10.0 Å². The summed E-state index contributed by atoms with van der Waals surface area (Å²) in [6.45, 7) is 7.61. The smallest absolute Gasteiger partial charge is 0.240 e. The number of rotatable bonds is 11. The van der Waals surface area contributed by atoms with E-state index in [1.807, 2.05) is 36.4 Å². The highest BCUT2D eigenvalue weighted by Crippen LogP contribution is 2.18. The van der Waals surface area contributed by atoms with E-state index in [1.54, 1.807) is 18.2 Å². The maximum Gasteiger partial charge on any atom is 0.240 e. The van der Waals surface area contributed by atoms with Crippen molar-refractivity contribution >= 4 is 26.7 Å². The number of hydrogen-bond donors (Lipinski definition) is 2. The van der Waals surface area contributed by atoms with Crippen LogP contribution in [0.25, 0.3) is 10.8 Å². The number of benzene rings is 3. The van der Waals surface area contributed by atoms with Gasteiger partial charge in [0.25, 0.3) is 0 Å². The molecule has 0 aliphatic rings. The van der Waals surface area contributed by atoms with Crippen LogP contribution in [0.2, 0.25) is 0 Å². The Morgan fingerprint density at radius 2 is 1.59 bits per heavy atom. The molecule has 0 saturated carbocycles. The number of fused-ring (bicyclic) bond motifs is 1. The minimum absolute atomic E-state index is 0.0446. The molecule has 0 radical (unpaired) electrons. The molecule has 6 nitrogen and oxygen atoms in total. The number of nitrogens with one attached hydrogen (secondary N) is 2. The monoisotopic (exact) mass is 453 g/mol. The highest BCUT2D eigenvalue weighted by Gasteiger charge is 2.14. The summed E-state index contributed by atoms with van der Waals surface area (Å²) in [7, 11) is -3.67. The summed E-state index contributed by atoms with van der Waals surface area (Å²) in [6.07, 6.45) is 0.0753. The minimum atomic E-state index is -3.67. The summed E-state index contributed by atoms with van der Waals surface area (Å²) in [5.74, 6) is -0.194. The second kappa shape index (κ2) is 11.2. The van der Waals surface area contributed by atoms with Gasteiger partial charge in [-0.25, -0.2) is 13.1 Å². The summed E-state index contributed by atoms with van der Waals surface area (Å²) in [4.78, 5) is 14.7. The van der Waals surface area contributed by atoms with Gasteiger partial charge in [0, 0.05) is 26.1 Å². The zero-order valence-electron chi connectivity index (χ0n) is 18.7. The molecule has 0 aliphatic carbocycles. The fourth-order valence-corrected chi connectivity index (χ4v) is 4.62. The molecular formula is C25H31N3O3S. The highest BCUT2D eigenvalue weighted by molar-refractivity contribution is 7.89. The molecule has 32 heavy (non-hydrogen) atoms. The average Bonchev–Trinajstić information content (AvgIpc) is 2.81. The Hall–Kier alpha value is -2.74. The number of carbonyl (C=O) groups excluding carboxylic acids is 1. The van der Waals surface area contributed by atoms with E-state index in [2.05, 4.69) is 40.9 Å². The van der Waals surface area contributed by atoms with E-state index in [9.17, 15) is 13.2 Å². The molecule has 0 aliphatic heterocycles. The Morgan fingerprint density at radius 3 is 2.34 bits per heavy atom. The lowest BCUT2D eigenvalue weighted by molar-refractivity contribution is -0.121. The van der Waals surface area contributed by atoms with Crippen molar-refractivity contribution in [2.75, 3.05) is 19.6 Å². The maximum absolute atomic E-state index is 12.6. The van der Waals surface area contributed by atoms with Crippen molar-refractivity contribution in [1.29, 1.82) is 0 Å². The van der Waals surface area contributed by atoms with Crippen molar-refractivity contribution in [3.63, 3.8) is 0 Å². The molecule has 170 valence electrons. The van der Waals surface area contributed by atoms with Crippen LogP contribution in [0.4, 0.5) is 0 Å². The average molecular weight is 454 g/mol. The molecule has 7 heteroatoms. The lowest BCUT2D eigenvalue weighted by Crippen LogP contribution is -2.30. The van der Waals surface area contributed by atoms with E-state index in [0.717, 1.165) is 36.0 Å². The Labute approximate surface area is 190 Å². The first-order valence-electron chi connectivity index (χ1n) is 11.0. The van der Waals surface area contributed by atoms with Gasteiger partial charge in [0.1, 0.15) is 0 Å². The van der Waals surface area contributed by atoms with Gasteiger partial charge < -0.3 is 5.32 Å². The van der Waals surface area contributed by atoms with Crippen LogP contribution in [0, 0.1) is 0 Å². The maximum atomic E-state index is 12.6. The zero-order valence-corrected chi connectivity index (χ0v) is 19.5. The van der Waals surface area contributed by atoms with Crippen molar-refractivity contribution in [3.8, 4) is 0 Å². The number of carbonyl (C=O) groups is 1. The molecule has 0 bridgehead atoms. The molecular weight excluding hydrogens is 422 g/mol. The third-order valence-electron chi connectivity index (χ3n) is 5.46. The quantitative estimate of drug-likeness (QED) is 0.464. The summed E-state index contributed by atoms with van der Waals surface area (Å²) in [5.41, 5.74) is 2.24. The Morgan fingerprint density at radius 1 is 0.875 bits per heavy atom. The molecule has 1 amide bonds. The first-order chi connectivity index (χ1) is 15.4. The van der Waals surface area contributed by atoms with E-state index < -0.39 is 10.0 Å². The molecule has 2 N–H and O–H groups in total. The predicted molar refractivity (Wildman–Crippen MR) is 129 cm³/mol. The Balaban J connectivity index is 1.48. The topological polar surface area (TPSA) is 78.5 Å². The van der Waals surface area contributed by atoms with Gasteiger partial charge in [-0.05, 0) is 47.1 Å². The number of sulfonamides is 1. The molecule has 0 heterocycles. The molecule has 3 rings (SSSR count). The number of hydrogen-bond acceptors (Lipinski definition) is 4. The van der Waals surface area contributed by atoms with Gasteiger partial charge in [-0.2, -0.15) is 0 Å². The van der Waals surface area contributed by atoms with E-state index in [4.69, 9.17) is 0 Å². The summed E-state index contributed by atoms with van der Waals surface area (Å²) in [6, 6.07) is 20.8. The van der Waals surface area contributed by atoms with Crippen molar-refractivity contribution in [2.24, 2.45) is 0 Å². The van der Waals surface area contributed by atoms with Gasteiger partial charge in [0.05, 0.1) is 4.90 Å². The summed E-state index contributed by atoms with van der Waals surface area (Å²) < 4.78 is 27.6. The minimum Gasteiger partial charge on any atom is -0.352 e. The molecule has 0 fully saturated rings. The molecule has 0 saturated heterocycles. The predicted octanol–water partition coefficient (Wildman–Crippen LogP) is 3.67. The van der Waals surface area contributed by atoms with Crippen LogP contribution in [-0.4, -0.2) is 38.9 Å². The van der Waals surface area contributed by atoms with Crippen LogP contribution in [0.3, 0.4) is 0 Å². The first-order valence-corrected chi connectivity index (χ1v) is 12.4. The zero-order chi connectivity index (χ0) is 23.0. The van der Waals surface area contributed by atoms with Gasteiger partial charge in [0.15, 0.2) is 0 Å².